The van der Waals surface area contributed by atoms with Crippen LogP contribution < -0.4 is 0 Å². The highest BCUT2D eigenvalue weighted by atomic mass is 35.5. The minimum absolute atomic E-state index is 0.153. The van der Waals surface area contributed by atoms with Crippen LogP contribution in [-0.2, 0) is 0 Å². The molecule has 2 aromatic carbocycles. The molecule has 104 valence electrons. The van der Waals surface area contributed by atoms with E-state index in [1.165, 1.54) is 0 Å². The number of hydrogen-bond donors (Lipinski definition) is 2. The maximum Gasteiger partial charge on any atom is 0.161 e. The average molecular weight is 311 g/mol. The van der Waals surface area contributed by atoms with Crippen LogP contribution in [0.5, 0.6) is 11.5 Å². The number of aromatic hydroxyl groups is 2. The summed E-state index contributed by atoms with van der Waals surface area (Å²) in [4.78, 5) is 0. The lowest BCUT2D eigenvalue weighted by Gasteiger charge is -2.04. The minimum Gasteiger partial charge on any atom is -0.504 e. The second-order valence-electron chi connectivity index (χ2n) is 4.43. The molecule has 0 saturated heterocycles. The Hall–Kier alpha value is -1.78. The van der Waals surface area contributed by atoms with Gasteiger partial charge in [0, 0.05) is 0 Å². The Morgan fingerprint density at radius 1 is 0.750 bits per heavy atom. The van der Waals surface area contributed by atoms with E-state index in [1.807, 2.05) is 13.8 Å². The molecule has 0 atom stereocenters. The summed E-state index contributed by atoms with van der Waals surface area (Å²) >= 11 is 11.7. The number of phenolic OH excluding ortho intramolecular Hbond substituents is 2. The fourth-order valence-electron chi connectivity index (χ4n) is 1.69. The molecule has 0 spiro atoms. The van der Waals surface area contributed by atoms with Gasteiger partial charge in [-0.3, -0.25) is 0 Å². The Kier molecular flexibility index (Phi) is 4.16. The van der Waals surface area contributed by atoms with Gasteiger partial charge in [-0.25, -0.2) is 0 Å². The van der Waals surface area contributed by atoms with E-state index in [0.29, 0.717) is 0 Å². The lowest BCUT2D eigenvalue weighted by Crippen LogP contribution is -1.77. The Balaban J connectivity index is 2.45. The number of hydrogen-bond acceptors (Lipinski definition) is 4. The van der Waals surface area contributed by atoms with Gasteiger partial charge in [-0.05, 0) is 49.2 Å². The zero-order valence-corrected chi connectivity index (χ0v) is 12.4. The number of nitrogens with zero attached hydrogens (tertiary/aromatic N) is 2. The molecule has 6 heteroatoms. The van der Waals surface area contributed by atoms with E-state index in [4.69, 9.17) is 23.2 Å². The topological polar surface area (TPSA) is 65.2 Å². The van der Waals surface area contributed by atoms with Crippen molar-refractivity contribution in [3.63, 3.8) is 0 Å². The van der Waals surface area contributed by atoms with Crippen LogP contribution in [0.25, 0.3) is 0 Å². The third kappa shape index (κ3) is 3.03. The second-order valence-corrected chi connectivity index (χ2v) is 5.24. The fourth-order valence-corrected chi connectivity index (χ4v) is 2.23. The van der Waals surface area contributed by atoms with Crippen LogP contribution in [0.1, 0.15) is 11.1 Å². The van der Waals surface area contributed by atoms with Crippen molar-refractivity contribution in [1.82, 2.24) is 0 Å². The Bertz CT molecular complexity index is 641. The van der Waals surface area contributed by atoms with Crippen LogP contribution >= 0.6 is 23.2 Å². The molecule has 0 fully saturated rings. The second kappa shape index (κ2) is 5.69. The zero-order chi connectivity index (χ0) is 14.9. The smallest absolute Gasteiger partial charge is 0.161 e. The molecule has 0 heterocycles. The SMILES string of the molecule is Cc1cc(Cl)c(O)c(N=Nc2cc(C)cc(Cl)c2O)c1. The summed E-state index contributed by atoms with van der Waals surface area (Å²) < 4.78 is 0. The van der Waals surface area contributed by atoms with Crippen LogP contribution in [-0.4, -0.2) is 10.2 Å². The quantitative estimate of drug-likeness (QED) is 0.725. The average Bonchev–Trinajstić information content (AvgIpc) is 2.37. The molecule has 2 aromatic rings. The molecular weight excluding hydrogens is 299 g/mol. The lowest BCUT2D eigenvalue weighted by atomic mass is 10.2. The van der Waals surface area contributed by atoms with Gasteiger partial charge in [0.1, 0.15) is 11.4 Å². The third-order valence-electron chi connectivity index (χ3n) is 2.64. The Morgan fingerprint density at radius 2 is 1.10 bits per heavy atom. The third-order valence-corrected chi connectivity index (χ3v) is 3.22. The molecule has 0 saturated carbocycles. The van der Waals surface area contributed by atoms with E-state index in [9.17, 15) is 10.2 Å². The van der Waals surface area contributed by atoms with Crippen molar-refractivity contribution in [3.8, 4) is 11.5 Å². The summed E-state index contributed by atoms with van der Waals surface area (Å²) in [5.41, 5.74) is 2.14. The summed E-state index contributed by atoms with van der Waals surface area (Å²) in [5, 5.41) is 27.8. The van der Waals surface area contributed by atoms with Gasteiger partial charge in [0.2, 0.25) is 0 Å². The largest absolute Gasteiger partial charge is 0.504 e. The predicted octanol–water partition coefficient (Wildman–Crippen LogP) is 5.44. The number of rotatable bonds is 2. The van der Waals surface area contributed by atoms with Gasteiger partial charge < -0.3 is 10.2 Å². The number of benzene rings is 2. The molecule has 4 nitrogen and oxygen atoms in total. The molecule has 0 unspecified atom stereocenters. The van der Waals surface area contributed by atoms with Crippen molar-refractivity contribution in [3.05, 3.63) is 45.4 Å². The molecule has 2 rings (SSSR count). The van der Waals surface area contributed by atoms with Gasteiger partial charge in [0.05, 0.1) is 10.0 Å². The highest BCUT2D eigenvalue weighted by Gasteiger charge is 2.09. The molecule has 20 heavy (non-hydrogen) atoms. The van der Waals surface area contributed by atoms with Crippen molar-refractivity contribution in [2.24, 2.45) is 10.2 Å². The monoisotopic (exact) mass is 310 g/mol. The van der Waals surface area contributed by atoms with Crippen molar-refractivity contribution in [2.45, 2.75) is 13.8 Å². The van der Waals surface area contributed by atoms with E-state index >= 15 is 0 Å². The van der Waals surface area contributed by atoms with E-state index < -0.39 is 0 Å². The van der Waals surface area contributed by atoms with Crippen LogP contribution in [0, 0.1) is 13.8 Å². The van der Waals surface area contributed by atoms with Crippen molar-refractivity contribution in [1.29, 1.82) is 0 Å². The number of halogens is 2. The summed E-state index contributed by atoms with van der Waals surface area (Å²) in [7, 11) is 0. The van der Waals surface area contributed by atoms with Gasteiger partial charge in [0.25, 0.3) is 0 Å². The standard InChI is InChI=1S/C14H12Cl2N2O2/c1-7-3-9(15)13(19)11(5-7)17-18-12-6-8(2)4-10(16)14(12)20/h3-6,19-20H,1-2H3. The van der Waals surface area contributed by atoms with Crippen LogP contribution in [0.15, 0.2) is 34.5 Å². The molecule has 0 aliphatic rings. The van der Waals surface area contributed by atoms with Crippen LogP contribution in [0.3, 0.4) is 0 Å². The van der Waals surface area contributed by atoms with Crippen molar-refractivity contribution in [2.75, 3.05) is 0 Å². The predicted molar refractivity (Wildman–Crippen MR) is 79.9 cm³/mol. The van der Waals surface area contributed by atoms with E-state index in [1.54, 1.807) is 24.3 Å². The molecule has 2 N–H and O–H groups in total. The molecule has 0 aromatic heterocycles. The zero-order valence-electron chi connectivity index (χ0n) is 10.9. The van der Waals surface area contributed by atoms with Crippen molar-refractivity contribution < 1.29 is 10.2 Å². The maximum atomic E-state index is 9.80. The van der Waals surface area contributed by atoms with Gasteiger partial charge in [-0.15, -0.1) is 10.2 Å². The first-order chi connectivity index (χ1) is 9.38. The first kappa shape index (κ1) is 14.6. The fraction of sp³-hybridized carbons (Fsp3) is 0.143. The summed E-state index contributed by atoms with van der Waals surface area (Å²) in [5.74, 6) is -0.307. The molecule has 0 amide bonds. The van der Waals surface area contributed by atoms with Crippen LogP contribution in [0.2, 0.25) is 10.0 Å². The Labute approximate surface area is 126 Å². The highest BCUT2D eigenvalue weighted by molar-refractivity contribution is 6.32. The molecule has 0 aliphatic carbocycles. The van der Waals surface area contributed by atoms with Gasteiger partial charge in [0.15, 0.2) is 11.5 Å². The lowest BCUT2D eigenvalue weighted by molar-refractivity contribution is 0.474. The van der Waals surface area contributed by atoms with Gasteiger partial charge in [-0.1, -0.05) is 23.2 Å². The summed E-state index contributed by atoms with van der Waals surface area (Å²) in [6, 6.07) is 6.52. The molecule has 0 bridgehead atoms. The van der Waals surface area contributed by atoms with Gasteiger partial charge in [-0.2, -0.15) is 0 Å². The summed E-state index contributed by atoms with van der Waals surface area (Å²) in [6.45, 7) is 3.65. The Morgan fingerprint density at radius 3 is 1.45 bits per heavy atom. The molecule has 0 aliphatic heterocycles. The number of azo groups is 1. The molecule has 0 radical (unpaired) electrons. The summed E-state index contributed by atoms with van der Waals surface area (Å²) in [6.07, 6.45) is 0. The first-order valence-corrected chi connectivity index (χ1v) is 6.54. The van der Waals surface area contributed by atoms with E-state index in [0.717, 1.165) is 11.1 Å². The first-order valence-electron chi connectivity index (χ1n) is 5.78. The van der Waals surface area contributed by atoms with Crippen molar-refractivity contribution >= 4 is 34.6 Å². The van der Waals surface area contributed by atoms with Gasteiger partial charge >= 0.3 is 0 Å². The minimum atomic E-state index is -0.153. The number of aryl methyl sites for hydroxylation is 2. The van der Waals surface area contributed by atoms with E-state index in [-0.39, 0.29) is 32.9 Å². The highest BCUT2D eigenvalue weighted by Crippen LogP contribution is 2.39. The molecular formula is C14H12Cl2N2O2. The number of phenols is 2. The normalized spacial score (nSPS) is 11.2. The van der Waals surface area contributed by atoms with Crippen LogP contribution in [0.4, 0.5) is 11.4 Å². The maximum absolute atomic E-state index is 9.80. The van der Waals surface area contributed by atoms with E-state index in [2.05, 4.69) is 10.2 Å².